The van der Waals surface area contributed by atoms with Crippen LogP contribution in [0.4, 0.5) is 4.79 Å². The van der Waals surface area contributed by atoms with Crippen LogP contribution in [-0.2, 0) is 11.3 Å². The first-order valence-corrected chi connectivity index (χ1v) is 5.44. The van der Waals surface area contributed by atoms with Crippen LogP contribution in [0.1, 0.15) is 12.8 Å². The van der Waals surface area contributed by atoms with Crippen molar-refractivity contribution in [3.05, 3.63) is 18.7 Å². The summed E-state index contributed by atoms with van der Waals surface area (Å²) in [4.78, 5) is 25.3. The van der Waals surface area contributed by atoms with Crippen molar-refractivity contribution >= 4 is 11.9 Å². The number of hydrogen-bond donors (Lipinski definition) is 3. The molecule has 94 valence electrons. The summed E-state index contributed by atoms with van der Waals surface area (Å²) in [5, 5.41) is 4.91. The Morgan fingerprint density at radius 3 is 2.82 bits per heavy atom. The SMILES string of the molecule is NC(=O)NC(=O)CNCCCCn1ccnc1. The number of carbonyl (C=O) groups excluding carboxylic acids is 2. The van der Waals surface area contributed by atoms with Crippen LogP contribution < -0.4 is 16.4 Å². The number of primary amides is 1. The van der Waals surface area contributed by atoms with Gasteiger partial charge in [-0.25, -0.2) is 9.78 Å². The lowest BCUT2D eigenvalue weighted by Gasteiger charge is -2.04. The Balaban J connectivity index is 1.94. The zero-order valence-corrected chi connectivity index (χ0v) is 9.56. The van der Waals surface area contributed by atoms with Crippen molar-refractivity contribution in [2.45, 2.75) is 19.4 Å². The van der Waals surface area contributed by atoms with Crippen molar-refractivity contribution in [2.75, 3.05) is 13.1 Å². The summed E-state index contributed by atoms with van der Waals surface area (Å²) < 4.78 is 2.00. The van der Waals surface area contributed by atoms with Gasteiger partial charge in [0.1, 0.15) is 0 Å². The summed E-state index contributed by atoms with van der Waals surface area (Å²) in [6.45, 7) is 1.74. The standard InChI is InChI=1S/C10H17N5O2/c11-10(17)14-9(16)7-12-3-1-2-5-15-6-4-13-8-15/h4,6,8,12H,1-3,5,7H2,(H3,11,14,16,17). The maximum atomic E-state index is 11.0. The molecule has 4 N–H and O–H groups in total. The molecule has 0 aliphatic heterocycles. The summed E-state index contributed by atoms with van der Waals surface area (Å²) in [6.07, 6.45) is 7.37. The van der Waals surface area contributed by atoms with Crippen LogP contribution in [0.3, 0.4) is 0 Å². The number of hydrogen-bond acceptors (Lipinski definition) is 4. The van der Waals surface area contributed by atoms with E-state index in [4.69, 9.17) is 5.73 Å². The normalized spacial score (nSPS) is 10.1. The molecule has 1 heterocycles. The third kappa shape index (κ3) is 6.31. The Morgan fingerprint density at radius 2 is 2.18 bits per heavy atom. The largest absolute Gasteiger partial charge is 0.351 e. The van der Waals surface area contributed by atoms with E-state index in [1.54, 1.807) is 12.5 Å². The minimum Gasteiger partial charge on any atom is -0.351 e. The molecule has 3 amide bonds. The van der Waals surface area contributed by atoms with Crippen LogP contribution in [0.15, 0.2) is 18.7 Å². The van der Waals surface area contributed by atoms with Crippen LogP contribution in [0, 0.1) is 0 Å². The molecule has 1 aromatic rings. The third-order valence-electron chi connectivity index (χ3n) is 2.13. The second-order valence-corrected chi connectivity index (χ2v) is 3.60. The second kappa shape index (κ2) is 7.39. The highest BCUT2D eigenvalue weighted by Gasteiger charge is 2.02. The molecule has 0 atom stereocenters. The highest BCUT2D eigenvalue weighted by Crippen LogP contribution is 1.93. The van der Waals surface area contributed by atoms with E-state index in [-0.39, 0.29) is 6.54 Å². The first-order chi connectivity index (χ1) is 8.18. The minimum absolute atomic E-state index is 0.105. The molecular weight excluding hydrogens is 222 g/mol. The van der Waals surface area contributed by atoms with E-state index in [0.717, 1.165) is 25.9 Å². The molecule has 0 saturated heterocycles. The fourth-order valence-electron chi connectivity index (χ4n) is 1.35. The monoisotopic (exact) mass is 239 g/mol. The summed E-state index contributed by atoms with van der Waals surface area (Å²) in [6, 6.07) is -0.822. The summed E-state index contributed by atoms with van der Waals surface area (Å²) >= 11 is 0. The predicted molar refractivity (Wildman–Crippen MR) is 62.1 cm³/mol. The number of rotatable bonds is 7. The average molecular weight is 239 g/mol. The van der Waals surface area contributed by atoms with E-state index in [1.807, 2.05) is 16.1 Å². The number of unbranched alkanes of at least 4 members (excludes halogenated alkanes) is 1. The molecule has 0 fully saturated rings. The van der Waals surface area contributed by atoms with Crippen molar-refractivity contribution in [1.29, 1.82) is 0 Å². The third-order valence-corrected chi connectivity index (χ3v) is 2.13. The number of nitrogens with two attached hydrogens (primary N) is 1. The van der Waals surface area contributed by atoms with Gasteiger partial charge in [0.25, 0.3) is 0 Å². The molecule has 7 heteroatoms. The Bertz CT molecular complexity index is 350. The molecule has 0 aliphatic rings. The van der Waals surface area contributed by atoms with Gasteiger partial charge in [-0.15, -0.1) is 0 Å². The molecule has 0 unspecified atom stereocenters. The molecule has 0 saturated carbocycles. The summed E-state index contributed by atoms with van der Waals surface area (Å²) in [7, 11) is 0. The number of imide groups is 1. The van der Waals surface area contributed by atoms with Gasteiger partial charge in [0.15, 0.2) is 0 Å². The van der Waals surface area contributed by atoms with Gasteiger partial charge in [0.05, 0.1) is 12.9 Å². The van der Waals surface area contributed by atoms with Crippen molar-refractivity contribution in [2.24, 2.45) is 5.73 Å². The summed E-state index contributed by atoms with van der Waals surface area (Å²) in [5.41, 5.74) is 4.79. The number of carbonyl (C=O) groups is 2. The van der Waals surface area contributed by atoms with E-state index < -0.39 is 11.9 Å². The quantitative estimate of drug-likeness (QED) is 0.555. The molecule has 17 heavy (non-hydrogen) atoms. The van der Waals surface area contributed by atoms with Crippen LogP contribution in [0.2, 0.25) is 0 Å². The lowest BCUT2D eigenvalue weighted by molar-refractivity contribution is -0.119. The number of imidazole rings is 1. The number of amides is 3. The number of urea groups is 1. The molecule has 1 rings (SSSR count). The maximum Gasteiger partial charge on any atom is 0.318 e. The van der Waals surface area contributed by atoms with Gasteiger partial charge >= 0.3 is 6.03 Å². The zero-order chi connectivity index (χ0) is 12.5. The van der Waals surface area contributed by atoms with Gasteiger partial charge in [-0.05, 0) is 19.4 Å². The molecule has 0 aliphatic carbocycles. The first-order valence-electron chi connectivity index (χ1n) is 5.44. The van der Waals surface area contributed by atoms with Crippen LogP contribution in [-0.4, -0.2) is 34.6 Å². The Labute approximate surface area is 99.4 Å². The van der Waals surface area contributed by atoms with Gasteiger partial charge < -0.3 is 15.6 Å². The lowest BCUT2D eigenvalue weighted by atomic mass is 10.3. The minimum atomic E-state index is -0.822. The van der Waals surface area contributed by atoms with Crippen molar-refractivity contribution in [3.63, 3.8) is 0 Å². The van der Waals surface area contributed by atoms with Crippen LogP contribution in [0.25, 0.3) is 0 Å². The van der Waals surface area contributed by atoms with Crippen LogP contribution in [0.5, 0.6) is 0 Å². The topological polar surface area (TPSA) is 102 Å². The molecule has 7 nitrogen and oxygen atoms in total. The molecule has 1 aromatic heterocycles. The van der Waals surface area contributed by atoms with Crippen molar-refractivity contribution in [1.82, 2.24) is 20.2 Å². The molecular formula is C10H17N5O2. The van der Waals surface area contributed by atoms with E-state index in [1.165, 1.54) is 0 Å². The highest BCUT2D eigenvalue weighted by molar-refractivity contribution is 5.94. The van der Waals surface area contributed by atoms with Gasteiger partial charge in [0.2, 0.25) is 5.91 Å². The number of aromatic nitrogens is 2. The lowest BCUT2D eigenvalue weighted by Crippen LogP contribution is -2.40. The summed E-state index contributed by atoms with van der Waals surface area (Å²) in [5.74, 6) is -0.410. The number of nitrogens with zero attached hydrogens (tertiary/aromatic N) is 2. The second-order valence-electron chi connectivity index (χ2n) is 3.60. The fourth-order valence-corrected chi connectivity index (χ4v) is 1.35. The Morgan fingerprint density at radius 1 is 1.35 bits per heavy atom. The van der Waals surface area contributed by atoms with Gasteiger partial charge in [0, 0.05) is 18.9 Å². The van der Waals surface area contributed by atoms with Gasteiger partial charge in [-0.3, -0.25) is 10.1 Å². The first kappa shape index (κ1) is 13.2. The number of nitrogens with one attached hydrogen (secondary N) is 2. The van der Waals surface area contributed by atoms with Gasteiger partial charge in [-0.1, -0.05) is 0 Å². The number of aryl methyl sites for hydroxylation is 1. The molecule has 0 spiro atoms. The van der Waals surface area contributed by atoms with E-state index >= 15 is 0 Å². The Kier molecular flexibility index (Phi) is 5.73. The van der Waals surface area contributed by atoms with E-state index in [0.29, 0.717) is 0 Å². The van der Waals surface area contributed by atoms with E-state index in [2.05, 4.69) is 10.3 Å². The average Bonchev–Trinajstić information content (AvgIpc) is 2.75. The zero-order valence-electron chi connectivity index (χ0n) is 9.56. The van der Waals surface area contributed by atoms with Crippen molar-refractivity contribution in [3.8, 4) is 0 Å². The predicted octanol–water partition coefficient (Wildman–Crippen LogP) is -0.552. The molecule has 0 bridgehead atoms. The molecule has 0 radical (unpaired) electrons. The molecule has 0 aromatic carbocycles. The fraction of sp³-hybridized carbons (Fsp3) is 0.500. The maximum absolute atomic E-state index is 11.0. The van der Waals surface area contributed by atoms with Crippen LogP contribution >= 0.6 is 0 Å². The van der Waals surface area contributed by atoms with E-state index in [9.17, 15) is 9.59 Å². The Hall–Kier alpha value is -1.89. The highest BCUT2D eigenvalue weighted by atomic mass is 16.2. The smallest absolute Gasteiger partial charge is 0.318 e. The van der Waals surface area contributed by atoms with Crippen molar-refractivity contribution < 1.29 is 9.59 Å². The van der Waals surface area contributed by atoms with Gasteiger partial charge in [-0.2, -0.15) is 0 Å².